The number of hydrogen-bond acceptors (Lipinski definition) is 3. The first-order chi connectivity index (χ1) is 13.9. The minimum absolute atomic E-state index is 0.294. The first-order valence-electron chi connectivity index (χ1n) is 9.29. The molecular weight excluding hydrogens is 384 g/mol. The Hall–Kier alpha value is -3.12. The second kappa shape index (κ2) is 8.92. The van der Waals surface area contributed by atoms with Crippen LogP contribution in [0, 0.1) is 6.92 Å². The summed E-state index contributed by atoms with van der Waals surface area (Å²) in [4.78, 5) is 12.9. The molecule has 29 heavy (non-hydrogen) atoms. The molecule has 1 amide bonds. The van der Waals surface area contributed by atoms with Crippen LogP contribution in [-0.4, -0.2) is 27.1 Å². The largest absolute Gasteiger partial charge is 0.344 e. The smallest absolute Gasteiger partial charge is 0.241 e. The molecule has 5 nitrogen and oxygen atoms in total. The molecule has 3 rings (SSSR count). The van der Waals surface area contributed by atoms with Crippen LogP contribution >= 0.6 is 0 Å². The number of anilines is 1. The summed E-state index contributed by atoms with van der Waals surface area (Å²) in [5, 5.41) is 3.02. The number of nitrogens with one attached hydrogen (secondary N) is 1. The fraction of sp³-hybridized carbons (Fsp3) is 0.174. The minimum Gasteiger partial charge on any atom is -0.344 e. The third-order valence-electron chi connectivity index (χ3n) is 4.67. The lowest BCUT2D eigenvalue weighted by molar-refractivity contribution is -0.120. The van der Waals surface area contributed by atoms with Gasteiger partial charge in [0.25, 0.3) is 0 Å². The van der Waals surface area contributed by atoms with Crippen LogP contribution in [0.1, 0.15) is 22.7 Å². The van der Waals surface area contributed by atoms with Crippen LogP contribution in [0.2, 0.25) is 0 Å². The second-order valence-corrected chi connectivity index (χ2v) is 8.78. The summed E-state index contributed by atoms with van der Waals surface area (Å²) in [5.41, 5.74) is 3.40. The van der Waals surface area contributed by atoms with Crippen molar-refractivity contribution in [2.24, 2.45) is 0 Å². The number of para-hydroxylation sites is 1. The fourth-order valence-corrected chi connectivity index (χ4v) is 4.08. The van der Waals surface area contributed by atoms with E-state index in [-0.39, 0.29) is 18.5 Å². The van der Waals surface area contributed by atoms with E-state index < -0.39 is 10.0 Å². The maximum absolute atomic E-state index is 12.9. The number of nitrogens with zero attached hydrogens (tertiary/aromatic N) is 1. The van der Waals surface area contributed by atoms with Crippen molar-refractivity contribution in [3.8, 4) is 0 Å². The zero-order chi connectivity index (χ0) is 20.9. The van der Waals surface area contributed by atoms with Gasteiger partial charge in [-0.25, -0.2) is 8.42 Å². The highest BCUT2D eigenvalue weighted by atomic mass is 32.2. The Labute approximate surface area is 172 Å². The van der Waals surface area contributed by atoms with Crippen LogP contribution in [0.5, 0.6) is 0 Å². The first kappa shape index (κ1) is 20.6. The van der Waals surface area contributed by atoms with Gasteiger partial charge in [0.15, 0.2) is 0 Å². The molecule has 3 aromatic carbocycles. The molecule has 0 heterocycles. The van der Waals surface area contributed by atoms with Crippen molar-refractivity contribution in [1.82, 2.24) is 5.32 Å². The summed E-state index contributed by atoms with van der Waals surface area (Å²) in [6.07, 6.45) is 1.10. The Morgan fingerprint density at radius 1 is 0.897 bits per heavy atom. The summed E-state index contributed by atoms with van der Waals surface area (Å²) in [6, 6.07) is 25.7. The number of amides is 1. The molecule has 0 bridgehead atoms. The molecule has 0 fully saturated rings. The number of rotatable bonds is 7. The highest BCUT2D eigenvalue weighted by Crippen LogP contribution is 2.25. The Balaban J connectivity index is 1.89. The van der Waals surface area contributed by atoms with E-state index in [2.05, 4.69) is 5.32 Å². The third-order valence-corrected chi connectivity index (χ3v) is 5.81. The molecule has 0 aliphatic carbocycles. The molecule has 1 atom stereocenters. The molecule has 150 valence electrons. The number of carbonyl (C=O) groups excluding carboxylic acids is 1. The number of aryl methyl sites for hydroxylation is 1. The van der Waals surface area contributed by atoms with E-state index in [0.29, 0.717) is 5.69 Å². The van der Waals surface area contributed by atoms with Crippen LogP contribution in [0.3, 0.4) is 0 Å². The standard InChI is InChI=1S/C23H24N2O3S/c1-18-11-9-10-16-21(18)23(19-12-5-3-6-13-19)24-22(26)17-25(29(2,27)28)20-14-7-4-8-15-20/h3-16,23H,17H2,1-2H3,(H,24,26)/t23-/m0/s1. The van der Waals surface area contributed by atoms with Gasteiger partial charge in [-0.2, -0.15) is 0 Å². The molecule has 0 spiro atoms. The Morgan fingerprint density at radius 2 is 1.45 bits per heavy atom. The van der Waals surface area contributed by atoms with Gasteiger partial charge in [0.1, 0.15) is 6.54 Å². The lowest BCUT2D eigenvalue weighted by atomic mass is 9.95. The van der Waals surface area contributed by atoms with Gasteiger partial charge in [-0.3, -0.25) is 9.10 Å². The molecule has 0 saturated carbocycles. The van der Waals surface area contributed by atoms with E-state index in [1.54, 1.807) is 30.3 Å². The minimum atomic E-state index is -3.61. The molecule has 1 N–H and O–H groups in total. The van der Waals surface area contributed by atoms with E-state index in [0.717, 1.165) is 27.3 Å². The molecule has 3 aromatic rings. The van der Waals surface area contributed by atoms with E-state index >= 15 is 0 Å². The van der Waals surface area contributed by atoms with Crippen LogP contribution in [0.4, 0.5) is 5.69 Å². The van der Waals surface area contributed by atoms with Crippen LogP contribution in [-0.2, 0) is 14.8 Å². The van der Waals surface area contributed by atoms with Gasteiger partial charge >= 0.3 is 0 Å². The van der Waals surface area contributed by atoms with Crippen molar-refractivity contribution in [2.75, 3.05) is 17.1 Å². The fourth-order valence-electron chi connectivity index (χ4n) is 3.23. The van der Waals surface area contributed by atoms with Gasteiger partial charge in [0.05, 0.1) is 18.0 Å². The average molecular weight is 409 g/mol. The average Bonchev–Trinajstić information content (AvgIpc) is 2.71. The van der Waals surface area contributed by atoms with E-state index in [9.17, 15) is 13.2 Å². The van der Waals surface area contributed by atoms with Crippen molar-refractivity contribution >= 4 is 21.6 Å². The summed E-state index contributed by atoms with van der Waals surface area (Å²) in [5.74, 6) is -0.378. The summed E-state index contributed by atoms with van der Waals surface area (Å²) >= 11 is 0. The molecular formula is C23H24N2O3S. The Bertz CT molecular complexity index is 1070. The summed E-state index contributed by atoms with van der Waals surface area (Å²) < 4.78 is 25.7. The van der Waals surface area contributed by atoms with Gasteiger partial charge in [-0.1, -0.05) is 72.8 Å². The third kappa shape index (κ3) is 5.23. The highest BCUT2D eigenvalue weighted by Gasteiger charge is 2.24. The van der Waals surface area contributed by atoms with E-state index in [1.807, 2.05) is 61.5 Å². The number of benzene rings is 3. The van der Waals surface area contributed by atoms with Crippen molar-refractivity contribution < 1.29 is 13.2 Å². The van der Waals surface area contributed by atoms with Crippen LogP contribution in [0.25, 0.3) is 0 Å². The predicted octanol–water partition coefficient (Wildman–Crippen LogP) is 3.67. The van der Waals surface area contributed by atoms with Crippen molar-refractivity contribution in [1.29, 1.82) is 0 Å². The second-order valence-electron chi connectivity index (χ2n) is 6.87. The van der Waals surface area contributed by atoms with Crippen LogP contribution in [0.15, 0.2) is 84.9 Å². The van der Waals surface area contributed by atoms with Gasteiger partial charge in [-0.15, -0.1) is 0 Å². The topological polar surface area (TPSA) is 66.5 Å². The molecule has 0 unspecified atom stereocenters. The molecule has 0 aromatic heterocycles. The Morgan fingerprint density at radius 3 is 2.03 bits per heavy atom. The quantitative estimate of drug-likeness (QED) is 0.649. The molecule has 0 aliphatic rings. The number of hydrogen-bond donors (Lipinski definition) is 1. The number of carbonyl (C=O) groups is 1. The zero-order valence-electron chi connectivity index (χ0n) is 16.4. The molecule has 6 heteroatoms. The van der Waals surface area contributed by atoms with Crippen molar-refractivity contribution in [3.63, 3.8) is 0 Å². The van der Waals surface area contributed by atoms with Crippen molar-refractivity contribution in [3.05, 3.63) is 102 Å². The van der Waals surface area contributed by atoms with Gasteiger partial charge in [-0.05, 0) is 35.7 Å². The lowest BCUT2D eigenvalue weighted by Gasteiger charge is -2.25. The van der Waals surface area contributed by atoms with Gasteiger partial charge in [0.2, 0.25) is 15.9 Å². The van der Waals surface area contributed by atoms with Crippen LogP contribution < -0.4 is 9.62 Å². The SMILES string of the molecule is Cc1ccccc1[C@@H](NC(=O)CN(c1ccccc1)S(C)(=O)=O)c1ccccc1. The molecule has 0 aliphatic heterocycles. The van der Waals surface area contributed by atoms with E-state index in [4.69, 9.17) is 0 Å². The highest BCUT2D eigenvalue weighted by molar-refractivity contribution is 7.92. The van der Waals surface area contributed by atoms with E-state index in [1.165, 1.54) is 0 Å². The monoisotopic (exact) mass is 408 g/mol. The summed E-state index contributed by atoms with van der Waals surface area (Å²) in [6.45, 7) is 1.70. The normalized spacial score (nSPS) is 12.2. The zero-order valence-corrected chi connectivity index (χ0v) is 17.3. The maximum atomic E-state index is 12.9. The Kier molecular flexibility index (Phi) is 6.34. The predicted molar refractivity (Wildman–Crippen MR) is 116 cm³/mol. The molecule has 0 saturated heterocycles. The molecule has 0 radical (unpaired) electrons. The summed E-state index contributed by atoms with van der Waals surface area (Å²) in [7, 11) is -3.61. The maximum Gasteiger partial charge on any atom is 0.241 e. The van der Waals surface area contributed by atoms with Crippen molar-refractivity contribution in [2.45, 2.75) is 13.0 Å². The lowest BCUT2D eigenvalue weighted by Crippen LogP contribution is -2.42. The number of sulfonamides is 1. The first-order valence-corrected chi connectivity index (χ1v) is 11.1. The van der Waals surface area contributed by atoms with Gasteiger partial charge in [0, 0.05) is 0 Å². The van der Waals surface area contributed by atoms with Gasteiger partial charge < -0.3 is 5.32 Å².